The number of ether oxygens (including phenoxy) is 1. The fourth-order valence-electron chi connectivity index (χ4n) is 3.47. The zero-order valence-electron chi connectivity index (χ0n) is 13.1. The van der Waals surface area contributed by atoms with E-state index in [-0.39, 0.29) is 0 Å². The summed E-state index contributed by atoms with van der Waals surface area (Å²) in [7, 11) is 1.65. The molecule has 22 heavy (non-hydrogen) atoms. The zero-order valence-corrected chi connectivity index (χ0v) is 13.8. The third-order valence-corrected chi connectivity index (χ3v) is 5.11. The Morgan fingerprint density at radius 3 is 2.64 bits per heavy atom. The topological polar surface area (TPSA) is 32.8 Å². The number of likely N-dealkylation sites (tertiary alicyclic amines) is 2. The van der Waals surface area contributed by atoms with Crippen molar-refractivity contribution in [3.05, 3.63) is 28.8 Å². The molecule has 2 fully saturated rings. The number of hydrogen-bond donors (Lipinski definition) is 0. The molecule has 120 valence electrons. The second kappa shape index (κ2) is 6.88. The predicted octanol–water partition coefficient (Wildman–Crippen LogP) is 2.94. The van der Waals surface area contributed by atoms with E-state index in [0.717, 1.165) is 68.2 Å². The van der Waals surface area contributed by atoms with Crippen molar-refractivity contribution in [1.82, 2.24) is 9.80 Å². The summed E-state index contributed by atoms with van der Waals surface area (Å²) in [5, 5.41) is 0.760. The van der Waals surface area contributed by atoms with E-state index in [1.54, 1.807) is 7.11 Å². The van der Waals surface area contributed by atoms with Crippen LogP contribution in [-0.2, 0) is 11.3 Å². The molecule has 0 aromatic heterocycles. The van der Waals surface area contributed by atoms with Crippen LogP contribution in [0.15, 0.2) is 18.2 Å². The van der Waals surface area contributed by atoms with Gasteiger partial charge in [0.2, 0.25) is 5.91 Å². The number of carbonyl (C=O) groups excluding carboxylic acids is 1. The lowest BCUT2D eigenvalue weighted by Gasteiger charge is -2.36. The fourth-order valence-corrected chi connectivity index (χ4v) is 3.70. The van der Waals surface area contributed by atoms with Crippen molar-refractivity contribution < 1.29 is 9.53 Å². The molecule has 0 N–H and O–H groups in total. The van der Waals surface area contributed by atoms with E-state index in [0.29, 0.717) is 11.9 Å². The van der Waals surface area contributed by atoms with Gasteiger partial charge < -0.3 is 9.64 Å². The Bertz CT molecular complexity index is 541. The second-order valence-electron chi connectivity index (χ2n) is 6.16. The first-order valence-corrected chi connectivity index (χ1v) is 8.39. The molecule has 1 aromatic carbocycles. The van der Waals surface area contributed by atoms with Gasteiger partial charge in [-0.25, -0.2) is 0 Å². The third kappa shape index (κ3) is 3.39. The summed E-state index contributed by atoms with van der Waals surface area (Å²) >= 11 is 6.32. The van der Waals surface area contributed by atoms with Crippen molar-refractivity contribution in [2.24, 2.45) is 0 Å². The van der Waals surface area contributed by atoms with E-state index in [2.05, 4.69) is 9.80 Å². The smallest absolute Gasteiger partial charge is 0.222 e. The van der Waals surface area contributed by atoms with Gasteiger partial charge in [0.05, 0.1) is 7.11 Å². The Labute approximate surface area is 137 Å². The van der Waals surface area contributed by atoms with Crippen LogP contribution >= 0.6 is 11.6 Å². The third-order valence-electron chi connectivity index (χ3n) is 4.76. The molecule has 2 saturated heterocycles. The molecule has 1 amide bonds. The van der Waals surface area contributed by atoms with Crippen LogP contribution in [0.2, 0.25) is 5.02 Å². The maximum atomic E-state index is 11.8. The molecule has 0 unspecified atom stereocenters. The fraction of sp³-hybridized carbons (Fsp3) is 0.588. The quantitative estimate of drug-likeness (QED) is 0.854. The van der Waals surface area contributed by atoms with Gasteiger partial charge in [0.25, 0.3) is 0 Å². The number of amides is 1. The Balaban J connectivity index is 1.54. The molecule has 2 heterocycles. The van der Waals surface area contributed by atoms with Gasteiger partial charge in [0, 0.05) is 43.7 Å². The van der Waals surface area contributed by atoms with Crippen molar-refractivity contribution in [1.29, 1.82) is 0 Å². The van der Waals surface area contributed by atoms with Crippen LogP contribution < -0.4 is 4.74 Å². The molecule has 2 aliphatic heterocycles. The van der Waals surface area contributed by atoms with Crippen molar-refractivity contribution in [3.63, 3.8) is 0 Å². The summed E-state index contributed by atoms with van der Waals surface area (Å²) in [6.07, 6.45) is 3.90. The van der Waals surface area contributed by atoms with Crippen LogP contribution in [0, 0.1) is 0 Å². The highest BCUT2D eigenvalue weighted by Gasteiger charge is 2.30. The first-order valence-electron chi connectivity index (χ1n) is 8.01. The van der Waals surface area contributed by atoms with Gasteiger partial charge >= 0.3 is 0 Å². The van der Waals surface area contributed by atoms with E-state index >= 15 is 0 Å². The SMILES string of the molecule is COc1ccc(CN2CCC(N3CCCC3=O)CC2)c(Cl)c1. The van der Waals surface area contributed by atoms with Gasteiger partial charge in [0.1, 0.15) is 5.75 Å². The molecule has 3 rings (SSSR count). The molecule has 5 heteroatoms. The van der Waals surface area contributed by atoms with Crippen molar-refractivity contribution >= 4 is 17.5 Å². The van der Waals surface area contributed by atoms with E-state index in [9.17, 15) is 4.79 Å². The minimum Gasteiger partial charge on any atom is -0.497 e. The highest BCUT2D eigenvalue weighted by molar-refractivity contribution is 6.31. The molecule has 0 radical (unpaired) electrons. The number of methoxy groups -OCH3 is 1. The Kier molecular flexibility index (Phi) is 4.89. The molecule has 0 saturated carbocycles. The number of piperidine rings is 1. The Morgan fingerprint density at radius 1 is 1.27 bits per heavy atom. The Hall–Kier alpha value is -1.26. The van der Waals surface area contributed by atoms with Crippen LogP contribution in [-0.4, -0.2) is 48.5 Å². The van der Waals surface area contributed by atoms with Crippen LogP contribution in [0.4, 0.5) is 0 Å². The lowest BCUT2D eigenvalue weighted by atomic mass is 10.0. The average Bonchev–Trinajstić information content (AvgIpc) is 2.96. The molecular formula is C17H23ClN2O2. The zero-order chi connectivity index (χ0) is 15.5. The molecule has 1 aromatic rings. The van der Waals surface area contributed by atoms with Crippen LogP contribution in [0.1, 0.15) is 31.2 Å². The normalized spacial score (nSPS) is 20.6. The summed E-state index contributed by atoms with van der Waals surface area (Å²) in [5.41, 5.74) is 1.14. The summed E-state index contributed by atoms with van der Waals surface area (Å²) in [5.74, 6) is 1.14. The molecule has 0 spiro atoms. The maximum Gasteiger partial charge on any atom is 0.222 e. The van der Waals surface area contributed by atoms with E-state index in [1.165, 1.54) is 0 Å². The summed E-state index contributed by atoms with van der Waals surface area (Å²) in [6, 6.07) is 6.30. The number of rotatable bonds is 4. The minimum atomic E-state index is 0.344. The minimum absolute atomic E-state index is 0.344. The number of hydrogen-bond acceptors (Lipinski definition) is 3. The standard InChI is InChI=1S/C17H23ClN2O2/c1-22-15-5-4-13(16(18)11-15)12-19-9-6-14(7-10-19)20-8-2-3-17(20)21/h4-5,11,14H,2-3,6-10,12H2,1H3. The highest BCUT2D eigenvalue weighted by Crippen LogP contribution is 2.26. The van der Waals surface area contributed by atoms with Crippen molar-refractivity contribution in [3.8, 4) is 5.75 Å². The molecule has 2 aliphatic rings. The van der Waals surface area contributed by atoms with Gasteiger partial charge in [-0.05, 0) is 37.0 Å². The van der Waals surface area contributed by atoms with Gasteiger partial charge in [-0.15, -0.1) is 0 Å². The molecule has 4 nitrogen and oxygen atoms in total. The molecule has 0 atom stereocenters. The van der Waals surface area contributed by atoms with E-state index < -0.39 is 0 Å². The van der Waals surface area contributed by atoms with Crippen LogP contribution in [0.3, 0.4) is 0 Å². The largest absolute Gasteiger partial charge is 0.497 e. The predicted molar refractivity (Wildman–Crippen MR) is 87.3 cm³/mol. The maximum absolute atomic E-state index is 11.8. The number of halogens is 1. The van der Waals surface area contributed by atoms with E-state index in [4.69, 9.17) is 16.3 Å². The van der Waals surface area contributed by atoms with Crippen molar-refractivity contribution in [2.75, 3.05) is 26.7 Å². The van der Waals surface area contributed by atoms with Crippen LogP contribution in [0.5, 0.6) is 5.75 Å². The first-order chi connectivity index (χ1) is 10.7. The highest BCUT2D eigenvalue weighted by atomic mass is 35.5. The van der Waals surface area contributed by atoms with Gasteiger partial charge in [0.15, 0.2) is 0 Å². The molecule has 0 aliphatic carbocycles. The second-order valence-corrected chi connectivity index (χ2v) is 6.56. The average molecular weight is 323 g/mol. The number of benzene rings is 1. The number of nitrogens with zero attached hydrogens (tertiary/aromatic N) is 2. The summed E-state index contributed by atoms with van der Waals surface area (Å²) in [4.78, 5) is 16.4. The first kappa shape index (κ1) is 15.6. The van der Waals surface area contributed by atoms with Crippen molar-refractivity contribution in [2.45, 2.75) is 38.3 Å². The van der Waals surface area contributed by atoms with E-state index in [1.807, 2.05) is 18.2 Å². The lowest BCUT2D eigenvalue weighted by Crippen LogP contribution is -2.45. The summed E-state index contributed by atoms with van der Waals surface area (Å²) < 4.78 is 5.19. The monoisotopic (exact) mass is 322 g/mol. The van der Waals surface area contributed by atoms with Gasteiger partial charge in [-0.3, -0.25) is 9.69 Å². The Morgan fingerprint density at radius 2 is 2.05 bits per heavy atom. The number of carbonyl (C=O) groups is 1. The summed E-state index contributed by atoms with van der Waals surface area (Å²) in [6.45, 7) is 3.87. The van der Waals surface area contributed by atoms with Gasteiger partial charge in [-0.2, -0.15) is 0 Å². The van der Waals surface area contributed by atoms with Gasteiger partial charge in [-0.1, -0.05) is 17.7 Å². The molecule has 0 bridgehead atoms. The van der Waals surface area contributed by atoms with Crippen LogP contribution in [0.25, 0.3) is 0 Å². The lowest BCUT2D eigenvalue weighted by molar-refractivity contribution is -0.130. The molecular weight excluding hydrogens is 300 g/mol.